The number of aliphatic hydroxyl groups is 1. The van der Waals surface area contributed by atoms with Crippen LogP contribution in [0.3, 0.4) is 0 Å². The van der Waals surface area contributed by atoms with E-state index in [0.717, 1.165) is 33.5 Å². The second-order valence-electron chi connectivity index (χ2n) is 6.74. The Kier molecular flexibility index (Phi) is 5.09. The molecule has 0 saturated heterocycles. The number of ether oxygens (including phenoxy) is 1. The van der Waals surface area contributed by atoms with Crippen LogP contribution in [0.15, 0.2) is 41.2 Å². The lowest BCUT2D eigenvalue weighted by Crippen LogP contribution is -2.32. The van der Waals surface area contributed by atoms with Crippen LogP contribution < -0.4 is 10.3 Å². The van der Waals surface area contributed by atoms with Crippen molar-refractivity contribution < 1.29 is 9.84 Å². The predicted octanol–water partition coefficient (Wildman–Crippen LogP) is 3.07. The highest BCUT2D eigenvalue weighted by molar-refractivity contribution is 5.83. The van der Waals surface area contributed by atoms with Crippen molar-refractivity contribution in [3.63, 3.8) is 0 Å². The fraction of sp³-hybridized carbons (Fsp3) is 0.333. The van der Waals surface area contributed by atoms with Gasteiger partial charge in [-0.2, -0.15) is 5.10 Å². The molecule has 1 N–H and O–H groups in total. The Labute approximate surface area is 152 Å². The molecule has 0 spiro atoms. The summed E-state index contributed by atoms with van der Waals surface area (Å²) in [5.41, 5.74) is 3.79. The van der Waals surface area contributed by atoms with Crippen LogP contribution in [0.5, 0.6) is 5.75 Å². The maximum Gasteiger partial charge on any atom is 0.274 e. The Balaban J connectivity index is 1.78. The highest BCUT2D eigenvalue weighted by Crippen LogP contribution is 2.25. The summed E-state index contributed by atoms with van der Waals surface area (Å²) >= 11 is 0. The molecule has 3 aromatic rings. The molecule has 0 radical (unpaired) electrons. The van der Waals surface area contributed by atoms with Gasteiger partial charge < -0.3 is 9.84 Å². The number of fused-ring (bicyclic) bond motifs is 1. The standard InChI is InChI=1S/C21H24N2O3/c1-13-9-10-14(2)20(15(13)3)26-12-17(24)11-23-21(25)19-8-6-5-7-18(19)16(4)22-23/h5-10,17,24H,11-12H2,1-4H3/t17-/m1/s1. The molecule has 1 heterocycles. The molecule has 0 fully saturated rings. The summed E-state index contributed by atoms with van der Waals surface area (Å²) in [5, 5.41) is 16.2. The zero-order valence-corrected chi connectivity index (χ0v) is 15.6. The molecule has 0 aliphatic carbocycles. The minimum atomic E-state index is -0.833. The normalized spacial score (nSPS) is 12.3. The van der Waals surface area contributed by atoms with E-state index in [2.05, 4.69) is 11.2 Å². The Bertz CT molecular complexity index is 1010. The lowest BCUT2D eigenvalue weighted by Gasteiger charge is -2.17. The number of rotatable bonds is 5. The molecule has 3 rings (SSSR count). The van der Waals surface area contributed by atoms with Gasteiger partial charge in [0.05, 0.1) is 17.6 Å². The summed E-state index contributed by atoms with van der Waals surface area (Å²) in [7, 11) is 0. The van der Waals surface area contributed by atoms with Gasteiger partial charge >= 0.3 is 0 Å². The van der Waals surface area contributed by atoms with E-state index in [-0.39, 0.29) is 18.7 Å². The van der Waals surface area contributed by atoms with Crippen molar-refractivity contribution in [2.75, 3.05) is 6.61 Å². The molecule has 0 amide bonds. The van der Waals surface area contributed by atoms with Crippen LogP contribution >= 0.6 is 0 Å². The summed E-state index contributed by atoms with van der Waals surface area (Å²) in [6.45, 7) is 8.06. The molecule has 5 heteroatoms. The van der Waals surface area contributed by atoms with Crippen LogP contribution in [0.1, 0.15) is 22.4 Å². The first-order chi connectivity index (χ1) is 12.4. The van der Waals surface area contributed by atoms with Crippen molar-refractivity contribution in [2.45, 2.75) is 40.3 Å². The molecule has 0 bridgehead atoms. The molecule has 1 aromatic heterocycles. The van der Waals surface area contributed by atoms with Crippen molar-refractivity contribution in [3.05, 3.63) is 69.1 Å². The average molecular weight is 352 g/mol. The molecule has 1 atom stereocenters. The van der Waals surface area contributed by atoms with E-state index in [9.17, 15) is 9.90 Å². The number of hydrogen-bond donors (Lipinski definition) is 1. The van der Waals surface area contributed by atoms with Gasteiger partial charge in [-0.3, -0.25) is 4.79 Å². The van der Waals surface area contributed by atoms with Gasteiger partial charge in [-0.25, -0.2) is 4.68 Å². The van der Waals surface area contributed by atoms with Gasteiger partial charge in [-0.05, 0) is 50.5 Å². The quantitative estimate of drug-likeness (QED) is 0.766. The second-order valence-corrected chi connectivity index (χ2v) is 6.74. The molecule has 0 saturated carbocycles. The van der Waals surface area contributed by atoms with E-state index in [1.54, 1.807) is 6.07 Å². The van der Waals surface area contributed by atoms with Gasteiger partial charge in [0, 0.05) is 5.39 Å². The molecule has 0 aliphatic rings. The van der Waals surface area contributed by atoms with Crippen molar-refractivity contribution >= 4 is 10.8 Å². The highest BCUT2D eigenvalue weighted by Gasteiger charge is 2.14. The summed E-state index contributed by atoms with van der Waals surface area (Å²) in [6.07, 6.45) is -0.833. The van der Waals surface area contributed by atoms with Crippen molar-refractivity contribution in [1.29, 1.82) is 0 Å². The van der Waals surface area contributed by atoms with E-state index in [1.165, 1.54) is 4.68 Å². The fourth-order valence-corrected chi connectivity index (χ4v) is 3.11. The number of hydrogen-bond acceptors (Lipinski definition) is 4. The van der Waals surface area contributed by atoms with Crippen molar-refractivity contribution in [1.82, 2.24) is 9.78 Å². The maximum absolute atomic E-state index is 12.6. The number of nitrogens with zero attached hydrogens (tertiary/aromatic N) is 2. The van der Waals surface area contributed by atoms with Gasteiger partial charge in [0.15, 0.2) is 0 Å². The van der Waals surface area contributed by atoms with Crippen LogP contribution in [0.2, 0.25) is 0 Å². The molecular weight excluding hydrogens is 328 g/mol. The zero-order valence-electron chi connectivity index (χ0n) is 15.6. The number of benzene rings is 2. The van der Waals surface area contributed by atoms with Gasteiger partial charge in [-0.1, -0.05) is 30.3 Å². The maximum atomic E-state index is 12.6. The fourth-order valence-electron chi connectivity index (χ4n) is 3.11. The monoisotopic (exact) mass is 352 g/mol. The molecule has 5 nitrogen and oxygen atoms in total. The topological polar surface area (TPSA) is 64.3 Å². The van der Waals surface area contributed by atoms with Crippen LogP contribution in [0.25, 0.3) is 10.8 Å². The number of aromatic nitrogens is 2. The van der Waals surface area contributed by atoms with Gasteiger partial charge in [0.25, 0.3) is 5.56 Å². The van der Waals surface area contributed by atoms with Gasteiger partial charge in [0.1, 0.15) is 18.5 Å². The predicted molar refractivity (Wildman–Crippen MR) is 103 cm³/mol. The van der Waals surface area contributed by atoms with Gasteiger partial charge in [-0.15, -0.1) is 0 Å². The SMILES string of the molecule is Cc1ccc(C)c(OC[C@H](O)Cn2nc(C)c3ccccc3c2=O)c1C. The van der Waals surface area contributed by atoms with Crippen LogP contribution in [0, 0.1) is 27.7 Å². The number of aliphatic hydroxyl groups excluding tert-OH is 1. The van der Waals surface area contributed by atoms with Crippen LogP contribution in [0.4, 0.5) is 0 Å². The summed E-state index contributed by atoms with van der Waals surface area (Å²) < 4.78 is 7.17. The average Bonchev–Trinajstić information content (AvgIpc) is 2.63. The summed E-state index contributed by atoms with van der Waals surface area (Å²) in [6, 6.07) is 11.4. The first-order valence-electron chi connectivity index (χ1n) is 8.72. The Morgan fingerprint density at radius 3 is 2.42 bits per heavy atom. The highest BCUT2D eigenvalue weighted by atomic mass is 16.5. The van der Waals surface area contributed by atoms with Crippen molar-refractivity contribution in [2.24, 2.45) is 0 Å². The third-order valence-electron chi connectivity index (χ3n) is 4.73. The molecule has 136 valence electrons. The zero-order chi connectivity index (χ0) is 18.8. The third-order valence-corrected chi connectivity index (χ3v) is 4.73. The first-order valence-corrected chi connectivity index (χ1v) is 8.72. The first kappa shape index (κ1) is 18.1. The molecule has 26 heavy (non-hydrogen) atoms. The minimum absolute atomic E-state index is 0.0917. The third kappa shape index (κ3) is 3.48. The Hall–Kier alpha value is -2.66. The van der Waals surface area contributed by atoms with Crippen LogP contribution in [-0.4, -0.2) is 27.6 Å². The smallest absolute Gasteiger partial charge is 0.274 e. The summed E-state index contributed by atoms with van der Waals surface area (Å²) in [5.74, 6) is 0.791. The lowest BCUT2D eigenvalue weighted by atomic mass is 10.1. The van der Waals surface area contributed by atoms with E-state index in [0.29, 0.717) is 5.39 Å². The van der Waals surface area contributed by atoms with E-state index < -0.39 is 6.10 Å². The van der Waals surface area contributed by atoms with E-state index >= 15 is 0 Å². The van der Waals surface area contributed by atoms with Crippen molar-refractivity contribution in [3.8, 4) is 5.75 Å². The molecule has 2 aromatic carbocycles. The Morgan fingerprint density at radius 1 is 1.04 bits per heavy atom. The molecule has 0 aliphatic heterocycles. The lowest BCUT2D eigenvalue weighted by molar-refractivity contribution is 0.0874. The summed E-state index contributed by atoms with van der Waals surface area (Å²) in [4.78, 5) is 12.6. The van der Waals surface area contributed by atoms with Gasteiger partial charge in [0.2, 0.25) is 0 Å². The van der Waals surface area contributed by atoms with E-state index in [1.807, 2.05) is 52.0 Å². The Morgan fingerprint density at radius 2 is 1.69 bits per heavy atom. The number of aryl methyl sites for hydroxylation is 3. The molecular formula is C21H24N2O3. The van der Waals surface area contributed by atoms with Crippen LogP contribution in [-0.2, 0) is 6.54 Å². The second kappa shape index (κ2) is 7.30. The minimum Gasteiger partial charge on any atom is -0.490 e. The molecule has 0 unspecified atom stereocenters. The van der Waals surface area contributed by atoms with E-state index in [4.69, 9.17) is 4.74 Å². The largest absolute Gasteiger partial charge is 0.490 e.